The molecule has 0 amide bonds. The molecule has 9 rings (SSSR count). The maximum absolute atomic E-state index is 6.49. The number of para-hydroxylation sites is 2. The highest BCUT2D eigenvalue weighted by molar-refractivity contribution is 6.22. The Morgan fingerprint density at radius 3 is 1.81 bits per heavy atom. The Bertz CT molecular complexity index is 2500. The van der Waals surface area contributed by atoms with Gasteiger partial charge in [-0.1, -0.05) is 97.1 Å². The monoisotopic (exact) mass is 602 g/mol. The summed E-state index contributed by atoms with van der Waals surface area (Å²) in [6, 6.07) is 49.5. The van der Waals surface area contributed by atoms with E-state index in [0.717, 1.165) is 89.1 Å². The molecule has 0 radical (unpaired) electrons. The van der Waals surface area contributed by atoms with Crippen molar-refractivity contribution in [2.45, 2.75) is 0 Å². The zero-order chi connectivity index (χ0) is 31.2. The second-order valence-corrected chi connectivity index (χ2v) is 11.5. The molecular formula is C42H26N4O. The molecule has 47 heavy (non-hydrogen) atoms. The van der Waals surface area contributed by atoms with Crippen LogP contribution in [0.15, 0.2) is 162 Å². The number of rotatable bonds is 5. The van der Waals surface area contributed by atoms with Crippen LogP contribution in [0.2, 0.25) is 0 Å². The summed E-state index contributed by atoms with van der Waals surface area (Å²) >= 11 is 0. The molecule has 4 aromatic carbocycles. The van der Waals surface area contributed by atoms with Crippen molar-refractivity contribution in [3.63, 3.8) is 0 Å². The fourth-order valence-corrected chi connectivity index (χ4v) is 6.39. The number of hydrogen-bond donors (Lipinski definition) is 0. The average molecular weight is 603 g/mol. The topological polar surface area (TPSA) is 64.7 Å². The molecule has 5 heterocycles. The highest BCUT2D eigenvalue weighted by Gasteiger charge is 2.20. The minimum absolute atomic E-state index is 0.794. The summed E-state index contributed by atoms with van der Waals surface area (Å²) < 4.78 is 6.49. The lowest BCUT2D eigenvalue weighted by Gasteiger charge is -2.13. The minimum atomic E-state index is 0.794. The van der Waals surface area contributed by atoms with Crippen molar-refractivity contribution >= 4 is 32.8 Å². The Morgan fingerprint density at radius 1 is 0.426 bits per heavy atom. The molecule has 220 valence electrons. The third-order valence-electron chi connectivity index (χ3n) is 8.57. The van der Waals surface area contributed by atoms with Gasteiger partial charge in [-0.2, -0.15) is 0 Å². The van der Waals surface area contributed by atoms with Crippen molar-refractivity contribution < 1.29 is 4.42 Å². The first-order chi connectivity index (χ1) is 23.3. The molecule has 0 aliphatic heterocycles. The van der Waals surface area contributed by atoms with Gasteiger partial charge in [0.1, 0.15) is 11.3 Å². The maximum Gasteiger partial charge on any atom is 0.162 e. The van der Waals surface area contributed by atoms with E-state index in [-0.39, 0.29) is 0 Å². The molecule has 0 fully saturated rings. The third-order valence-corrected chi connectivity index (χ3v) is 8.57. The zero-order valence-electron chi connectivity index (χ0n) is 25.2. The summed E-state index contributed by atoms with van der Waals surface area (Å²) in [4.78, 5) is 19.5. The lowest BCUT2D eigenvalue weighted by molar-refractivity contribution is 0.669. The Morgan fingerprint density at radius 2 is 1.06 bits per heavy atom. The molecule has 5 nitrogen and oxygen atoms in total. The first kappa shape index (κ1) is 26.9. The molecule has 5 heteroatoms. The van der Waals surface area contributed by atoms with Crippen LogP contribution < -0.4 is 0 Å². The van der Waals surface area contributed by atoms with Crippen LogP contribution in [-0.4, -0.2) is 19.9 Å². The van der Waals surface area contributed by atoms with E-state index in [1.54, 1.807) is 12.4 Å². The van der Waals surface area contributed by atoms with Crippen molar-refractivity contribution in [2.24, 2.45) is 0 Å². The first-order valence-corrected chi connectivity index (χ1v) is 15.6. The van der Waals surface area contributed by atoms with Crippen LogP contribution in [-0.2, 0) is 0 Å². The van der Waals surface area contributed by atoms with Crippen molar-refractivity contribution in [1.82, 2.24) is 19.9 Å². The Balaban J connectivity index is 1.26. The molecule has 0 spiro atoms. The van der Waals surface area contributed by atoms with Crippen LogP contribution in [0.5, 0.6) is 0 Å². The summed E-state index contributed by atoms with van der Waals surface area (Å²) in [6.45, 7) is 0. The minimum Gasteiger partial charge on any atom is -0.454 e. The largest absolute Gasteiger partial charge is 0.454 e. The molecule has 9 aromatic rings. The van der Waals surface area contributed by atoms with Gasteiger partial charge in [0, 0.05) is 39.7 Å². The van der Waals surface area contributed by atoms with Crippen LogP contribution in [0.4, 0.5) is 0 Å². The van der Waals surface area contributed by atoms with E-state index in [9.17, 15) is 0 Å². The second kappa shape index (κ2) is 11.2. The lowest BCUT2D eigenvalue weighted by Crippen LogP contribution is -1.94. The van der Waals surface area contributed by atoms with Gasteiger partial charge in [-0.05, 0) is 65.2 Å². The van der Waals surface area contributed by atoms with Gasteiger partial charge in [-0.15, -0.1) is 0 Å². The molecule has 0 unspecified atom stereocenters. The number of furan rings is 1. The summed E-state index contributed by atoms with van der Waals surface area (Å²) in [5.41, 5.74) is 11.9. The van der Waals surface area contributed by atoms with Crippen LogP contribution in [0, 0.1) is 0 Å². The third kappa shape index (κ3) is 4.73. The standard InChI is InChI=1S/C42H26N4O/c1-2-12-27(13-3-1)40-42-39(32-16-4-5-21-38(32)47-42)33-18-11-17-31(41(33)46-40)29-15-10-14-28(24-29)30-25-36(34-19-6-8-22-43-34)45-37(26-30)35-20-7-9-23-44-35/h1-26H. The molecule has 0 N–H and O–H groups in total. The quantitative estimate of drug-likeness (QED) is 0.196. The summed E-state index contributed by atoms with van der Waals surface area (Å²) in [5.74, 6) is 0. The highest BCUT2D eigenvalue weighted by atomic mass is 16.3. The smallest absolute Gasteiger partial charge is 0.162 e. The number of nitrogens with zero attached hydrogens (tertiary/aromatic N) is 4. The Labute approximate surface area is 270 Å². The number of pyridine rings is 4. The number of benzene rings is 4. The van der Waals surface area contributed by atoms with Crippen molar-refractivity contribution in [1.29, 1.82) is 0 Å². The Hall–Kier alpha value is -6.46. The fourth-order valence-electron chi connectivity index (χ4n) is 6.39. The van der Waals surface area contributed by atoms with E-state index in [4.69, 9.17) is 14.4 Å². The normalized spacial score (nSPS) is 11.4. The van der Waals surface area contributed by atoms with Crippen LogP contribution >= 0.6 is 0 Å². The first-order valence-electron chi connectivity index (χ1n) is 15.6. The van der Waals surface area contributed by atoms with E-state index >= 15 is 0 Å². The van der Waals surface area contributed by atoms with E-state index in [2.05, 4.69) is 88.8 Å². The SMILES string of the molecule is c1ccc(-c2nc3c(-c4cccc(-c5cc(-c6ccccn6)nc(-c6ccccn6)c5)c4)cccc3c3c2oc2ccccc23)cc1. The van der Waals surface area contributed by atoms with Crippen LogP contribution in [0.25, 0.3) is 89.1 Å². The number of aromatic nitrogens is 4. The molecule has 0 saturated heterocycles. The zero-order valence-corrected chi connectivity index (χ0v) is 25.2. The highest BCUT2D eigenvalue weighted by Crippen LogP contribution is 2.42. The lowest BCUT2D eigenvalue weighted by atomic mass is 9.95. The molecule has 0 aliphatic rings. The predicted octanol–water partition coefficient (Wildman–Crippen LogP) is 10.7. The second-order valence-electron chi connectivity index (χ2n) is 11.5. The summed E-state index contributed by atoms with van der Waals surface area (Å²) in [5, 5.41) is 3.22. The van der Waals surface area contributed by atoms with Crippen molar-refractivity contribution in [3.8, 4) is 56.3 Å². The predicted molar refractivity (Wildman–Crippen MR) is 190 cm³/mol. The molecule has 0 bridgehead atoms. The van der Waals surface area contributed by atoms with Crippen molar-refractivity contribution in [3.05, 3.63) is 158 Å². The van der Waals surface area contributed by atoms with Gasteiger partial charge in [0.2, 0.25) is 0 Å². The van der Waals surface area contributed by atoms with Crippen molar-refractivity contribution in [2.75, 3.05) is 0 Å². The molecular weight excluding hydrogens is 576 g/mol. The van der Waals surface area contributed by atoms with Gasteiger partial charge in [-0.25, -0.2) is 9.97 Å². The van der Waals surface area contributed by atoms with Gasteiger partial charge in [-0.3, -0.25) is 9.97 Å². The number of fused-ring (bicyclic) bond motifs is 5. The van der Waals surface area contributed by atoms with Gasteiger partial charge in [0.05, 0.1) is 28.3 Å². The fraction of sp³-hybridized carbons (Fsp3) is 0. The van der Waals surface area contributed by atoms with E-state index in [1.165, 1.54) is 0 Å². The molecule has 0 saturated carbocycles. The van der Waals surface area contributed by atoms with Gasteiger partial charge >= 0.3 is 0 Å². The Kier molecular flexibility index (Phi) is 6.39. The van der Waals surface area contributed by atoms with Gasteiger partial charge in [0.25, 0.3) is 0 Å². The van der Waals surface area contributed by atoms with Crippen LogP contribution in [0.1, 0.15) is 0 Å². The van der Waals surface area contributed by atoms with Gasteiger partial charge < -0.3 is 4.42 Å². The van der Waals surface area contributed by atoms with Crippen LogP contribution in [0.3, 0.4) is 0 Å². The molecule has 5 aromatic heterocycles. The molecule has 0 aliphatic carbocycles. The number of hydrogen-bond acceptors (Lipinski definition) is 5. The maximum atomic E-state index is 6.49. The van der Waals surface area contributed by atoms with E-state index < -0.39 is 0 Å². The van der Waals surface area contributed by atoms with E-state index in [0.29, 0.717) is 0 Å². The average Bonchev–Trinajstić information content (AvgIpc) is 3.55. The molecule has 0 atom stereocenters. The van der Waals surface area contributed by atoms with E-state index in [1.807, 2.05) is 66.7 Å². The summed E-state index contributed by atoms with van der Waals surface area (Å²) in [7, 11) is 0. The van der Waals surface area contributed by atoms with Gasteiger partial charge in [0.15, 0.2) is 5.58 Å². The summed E-state index contributed by atoms with van der Waals surface area (Å²) in [6.07, 6.45) is 3.59.